The zero-order chi connectivity index (χ0) is 28.2. The second-order valence-corrected chi connectivity index (χ2v) is 12.5. The van der Waals surface area contributed by atoms with Gasteiger partial charge in [0.15, 0.2) is 0 Å². The Labute approximate surface area is 241 Å². The SMILES string of the molecule is CNS(=O)(=O)c1ccc(-c2ccc(C(CN3CCCC3)N(C)C(=O)CN(C)c3ccc(Cl)c(Cl)c3)cc2)cc1. The van der Waals surface area contributed by atoms with E-state index in [2.05, 4.69) is 21.8 Å². The summed E-state index contributed by atoms with van der Waals surface area (Å²) in [6.45, 7) is 3.02. The second-order valence-electron chi connectivity index (χ2n) is 9.84. The lowest BCUT2D eigenvalue weighted by Gasteiger charge is -2.33. The van der Waals surface area contributed by atoms with Crippen molar-refractivity contribution in [2.75, 3.05) is 52.2 Å². The zero-order valence-corrected chi connectivity index (χ0v) is 24.7. The van der Waals surface area contributed by atoms with Crippen molar-refractivity contribution < 1.29 is 13.2 Å². The molecule has 0 bridgehead atoms. The minimum Gasteiger partial charge on any atom is -0.365 e. The van der Waals surface area contributed by atoms with E-state index in [0.29, 0.717) is 10.0 Å². The lowest BCUT2D eigenvalue weighted by Crippen LogP contribution is -2.42. The van der Waals surface area contributed by atoms with E-state index < -0.39 is 10.0 Å². The van der Waals surface area contributed by atoms with Gasteiger partial charge in [0.25, 0.3) is 0 Å². The molecule has 1 heterocycles. The van der Waals surface area contributed by atoms with Crippen molar-refractivity contribution in [2.45, 2.75) is 23.8 Å². The number of rotatable bonds is 10. The fourth-order valence-corrected chi connectivity index (χ4v) is 5.83. The van der Waals surface area contributed by atoms with E-state index in [1.807, 2.05) is 42.1 Å². The van der Waals surface area contributed by atoms with E-state index in [9.17, 15) is 13.2 Å². The number of halogens is 2. The molecule has 1 fully saturated rings. The van der Waals surface area contributed by atoms with E-state index >= 15 is 0 Å². The van der Waals surface area contributed by atoms with Crippen LogP contribution in [0.15, 0.2) is 71.6 Å². The van der Waals surface area contributed by atoms with Gasteiger partial charge in [-0.1, -0.05) is 59.6 Å². The standard InChI is InChI=1S/C29H34Cl2N4O3S/c1-32-39(37,38)25-13-10-22(11-14-25)21-6-8-23(9-7-21)28(19-35-16-4-5-17-35)34(3)29(36)20-33(2)24-12-15-26(30)27(31)18-24/h6-15,18,28,32H,4-5,16-17,19-20H2,1-3H3. The molecule has 39 heavy (non-hydrogen) atoms. The molecule has 1 aliphatic heterocycles. The van der Waals surface area contributed by atoms with Crippen molar-refractivity contribution in [1.82, 2.24) is 14.5 Å². The van der Waals surface area contributed by atoms with Crippen LogP contribution in [0.25, 0.3) is 11.1 Å². The van der Waals surface area contributed by atoms with Gasteiger partial charge in [0, 0.05) is 26.3 Å². The highest BCUT2D eigenvalue weighted by atomic mass is 35.5. The predicted molar refractivity (Wildman–Crippen MR) is 159 cm³/mol. The molecule has 0 aromatic heterocycles. The van der Waals surface area contributed by atoms with E-state index in [4.69, 9.17) is 23.2 Å². The number of nitrogens with zero attached hydrogens (tertiary/aromatic N) is 3. The molecule has 1 N–H and O–H groups in total. The van der Waals surface area contributed by atoms with Crippen molar-refractivity contribution in [1.29, 1.82) is 0 Å². The highest BCUT2D eigenvalue weighted by molar-refractivity contribution is 7.89. The molecule has 4 rings (SSSR count). The first kappa shape index (κ1) is 29.4. The van der Waals surface area contributed by atoms with Gasteiger partial charge in [-0.3, -0.25) is 4.79 Å². The summed E-state index contributed by atoms with van der Waals surface area (Å²) in [6.07, 6.45) is 2.34. The molecule has 1 saturated heterocycles. The number of amides is 1. The van der Waals surface area contributed by atoms with Crippen LogP contribution < -0.4 is 9.62 Å². The Balaban J connectivity index is 1.53. The predicted octanol–water partition coefficient (Wildman–Crippen LogP) is 5.30. The van der Waals surface area contributed by atoms with Crippen LogP contribution in [0.4, 0.5) is 5.69 Å². The van der Waals surface area contributed by atoms with Gasteiger partial charge in [-0.05, 0) is 80.0 Å². The fourth-order valence-electron chi connectivity index (χ4n) is 4.81. The number of nitrogens with one attached hydrogen (secondary N) is 1. The van der Waals surface area contributed by atoms with Crippen LogP contribution in [0.5, 0.6) is 0 Å². The number of benzene rings is 3. The van der Waals surface area contributed by atoms with Gasteiger partial charge < -0.3 is 14.7 Å². The molecule has 0 radical (unpaired) electrons. The zero-order valence-electron chi connectivity index (χ0n) is 22.4. The molecule has 1 atom stereocenters. The maximum absolute atomic E-state index is 13.4. The van der Waals surface area contributed by atoms with E-state index in [1.165, 1.54) is 19.9 Å². The van der Waals surface area contributed by atoms with Gasteiger partial charge in [0.2, 0.25) is 15.9 Å². The Bertz CT molecular complexity index is 1390. The number of carbonyl (C=O) groups is 1. The number of anilines is 1. The minimum absolute atomic E-state index is 0.00169. The highest BCUT2D eigenvalue weighted by Crippen LogP contribution is 2.29. The maximum Gasteiger partial charge on any atom is 0.242 e. The van der Waals surface area contributed by atoms with Crippen molar-refractivity contribution in [2.24, 2.45) is 0 Å². The Morgan fingerprint density at radius 3 is 2.08 bits per heavy atom. The van der Waals surface area contributed by atoms with Gasteiger partial charge in [-0.2, -0.15) is 0 Å². The van der Waals surface area contributed by atoms with Gasteiger partial charge in [-0.15, -0.1) is 0 Å². The summed E-state index contributed by atoms with van der Waals surface area (Å²) in [7, 11) is 1.64. The molecule has 1 aliphatic rings. The normalized spacial score (nSPS) is 14.8. The molecule has 0 spiro atoms. The van der Waals surface area contributed by atoms with Crippen molar-refractivity contribution in [3.8, 4) is 11.1 Å². The molecule has 0 aliphatic carbocycles. The molecule has 3 aromatic carbocycles. The highest BCUT2D eigenvalue weighted by Gasteiger charge is 2.26. The summed E-state index contributed by atoms with van der Waals surface area (Å²) in [6, 6.07) is 20.2. The van der Waals surface area contributed by atoms with Crippen LogP contribution in [0, 0.1) is 0 Å². The Morgan fingerprint density at radius 2 is 1.51 bits per heavy atom. The van der Waals surface area contributed by atoms with Crippen molar-refractivity contribution in [3.05, 3.63) is 82.3 Å². The third-order valence-electron chi connectivity index (χ3n) is 7.27. The van der Waals surface area contributed by atoms with Crippen LogP contribution in [-0.4, -0.2) is 71.4 Å². The third-order valence-corrected chi connectivity index (χ3v) is 9.44. The third kappa shape index (κ3) is 7.13. The second kappa shape index (κ2) is 12.7. The molecule has 1 amide bonds. The molecule has 3 aromatic rings. The number of likely N-dealkylation sites (N-methyl/N-ethyl adjacent to an activating group) is 2. The van der Waals surface area contributed by atoms with Crippen LogP contribution in [0.2, 0.25) is 10.0 Å². The summed E-state index contributed by atoms with van der Waals surface area (Å²) in [5, 5.41) is 0.928. The largest absolute Gasteiger partial charge is 0.365 e. The summed E-state index contributed by atoms with van der Waals surface area (Å²) < 4.78 is 26.4. The summed E-state index contributed by atoms with van der Waals surface area (Å²) in [5.74, 6) is -0.00169. The molecule has 1 unspecified atom stereocenters. The average molecular weight is 590 g/mol. The van der Waals surface area contributed by atoms with E-state index in [-0.39, 0.29) is 23.4 Å². The van der Waals surface area contributed by atoms with Crippen LogP contribution >= 0.6 is 23.2 Å². The van der Waals surface area contributed by atoms with Gasteiger partial charge in [0.1, 0.15) is 0 Å². The number of carbonyl (C=O) groups excluding carboxylic acids is 1. The topological polar surface area (TPSA) is 73.0 Å². The van der Waals surface area contributed by atoms with Crippen molar-refractivity contribution in [3.63, 3.8) is 0 Å². The summed E-state index contributed by atoms with van der Waals surface area (Å²) in [4.78, 5) is 19.8. The quantitative estimate of drug-likeness (QED) is 0.348. The average Bonchev–Trinajstić information content (AvgIpc) is 3.46. The van der Waals surface area contributed by atoms with E-state index in [0.717, 1.165) is 42.0 Å². The number of sulfonamides is 1. The van der Waals surface area contributed by atoms with E-state index in [1.54, 1.807) is 36.4 Å². The smallest absolute Gasteiger partial charge is 0.242 e. The monoisotopic (exact) mass is 588 g/mol. The van der Waals surface area contributed by atoms with Crippen LogP contribution in [0.3, 0.4) is 0 Å². The summed E-state index contributed by atoms with van der Waals surface area (Å²) >= 11 is 12.2. The molecule has 10 heteroatoms. The first-order valence-electron chi connectivity index (χ1n) is 12.9. The number of hydrogen-bond acceptors (Lipinski definition) is 5. The molecule has 0 saturated carbocycles. The lowest BCUT2D eigenvalue weighted by molar-refractivity contribution is -0.131. The fraction of sp³-hybridized carbons (Fsp3) is 0.345. The number of hydrogen-bond donors (Lipinski definition) is 1. The van der Waals surface area contributed by atoms with Crippen molar-refractivity contribution >= 4 is 44.8 Å². The first-order valence-corrected chi connectivity index (χ1v) is 15.1. The van der Waals surface area contributed by atoms with Crippen LogP contribution in [0.1, 0.15) is 24.4 Å². The maximum atomic E-state index is 13.4. The molecular formula is C29H34Cl2N4O3S. The number of likely N-dealkylation sites (tertiary alicyclic amines) is 1. The molecule has 7 nitrogen and oxygen atoms in total. The van der Waals surface area contributed by atoms with Crippen LogP contribution in [-0.2, 0) is 14.8 Å². The lowest BCUT2D eigenvalue weighted by atomic mass is 9.99. The minimum atomic E-state index is -3.48. The Kier molecular flexibility index (Phi) is 9.56. The molecular weight excluding hydrogens is 555 g/mol. The first-order chi connectivity index (χ1) is 18.6. The molecule has 208 valence electrons. The van der Waals surface area contributed by atoms with Gasteiger partial charge in [0.05, 0.1) is 27.5 Å². The summed E-state index contributed by atoms with van der Waals surface area (Å²) in [5.41, 5.74) is 3.76. The Morgan fingerprint density at radius 1 is 0.923 bits per heavy atom. The van der Waals surface area contributed by atoms with Gasteiger partial charge >= 0.3 is 0 Å². The van der Waals surface area contributed by atoms with Gasteiger partial charge in [-0.25, -0.2) is 13.1 Å². The Hall–Kier alpha value is -2.62.